The molecule has 0 atom stereocenters. The lowest BCUT2D eigenvalue weighted by molar-refractivity contribution is 0.00819. The number of fused-ring (bicyclic) bond motifs is 1. The van der Waals surface area contributed by atoms with E-state index in [4.69, 9.17) is 9.47 Å². The van der Waals surface area contributed by atoms with Gasteiger partial charge in [0.1, 0.15) is 17.7 Å². The molecule has 36 heavy (non-hydrogen) atoms. The van der Waals surface area contributed by atoms with Crippen molar-refractivity contribution < 1.29 is 23.0 Å². The van der Waals surface area contributed by atoms with Crippen LogP contribution in [0, 0.1) is 11.6 Å². The van der Waals surface area contributed by atoms with E-state index in [2.05, 4.69) is 5.10 Å². The van der Waals surface area contributed by atoms with Crippen LogP contribution in [0.2, 0.25) is 0 Å². The molecule has 1 aliphatic rings. The maximum Gasteiger partial charge on any atom is 0.410 e. The predicted molar refractivity (Wildman–Crippen MR) is 132 cm³/mol. The fourth-order valence-corrected chi connectivity index (χ4v) is 4.21. The van der Waals surface area contributed by atoms with Gasteiger partial charge in [0.2, 0.25) is 0 Å². The Morgan fingerprint density at radius 3 is 2.42 bits per heavy atom. The fourth-order valence-electron chi connectivity index (χ4n) is 4.21. The molecule has 1 amide bonds. The number of amides is 1. The zero-order chi connectivity index (χ0) is 25.4. The molecule has 6 nitrogen and oxygen atoms in total. The molecule has 4 aromatic rings. The number of carbonyl (C=O) groups is 1. The normalized spacial score (nSPS) is 14.1. The molecule has 3 aromatic carbocycles. The van der Waals surface area contributed by atoms with Gasteiger partial charge >= 0.3 is 6.09 Å². The first kappa shape index (κ1) is 23.8. The number of hydrogen-bond acceptors (Lipinski definition) is 4. The molecule has 0 unspecified atom stereocenters. The van der Waals surface area contributed by atoms with Crippen LogP contribution in [-0.4, -0.2) is 39.5 Å². The average Bonchev–Trinajstić information content (AvgIpc) is 3.22. The van der Waals surface area contributed by atoms with E-state index in [0.717, 1.165) is 11.1 Å². The molecule has 5 rings (SSSR count). The Hall–Kier alpha value is -3.94. The maximum atomic E-state index is 15.4. The lowest BCUT2D eigenvalue weighted by Crippen LogP contribution is -2.50. The first-order valence-electron chi connectivity index (χ1n) is 11.8. The second-order valence-electron chi connectivity index (χ2n) is 9.94. The number of rotatable bonds is 5. The minimum absolute atomic E-state index is 0.0464. The summed E-state index contributed by atoms with van der Waals surface area (Å²) in [6.45, 7) is 6.73. The molecular formula is C28H27F2N3O3. The number of hydrogen-bond donors (Lipinski definition) is 0. The van der Waals surface area contributed by atoms with Crippen molar-refractivity contribution in [2.45, 2.75) is 38.9 Å². The van der Waals surface area contributed by atoms with Gasteiger partial charge in [-0.1, -0.05) is 42.5 Å². The van der Waals surface area contributed by atoms with Gasteiger partial charge in [-0.25, -0.2) is 18.3 Å². The number of nitrogens with zero attached hydrogens (tertiary/aromatic N) is 3. The van der Waals surface area contributed by atoms with Crippen LogP contribution in [0.15, 0.2) is 66.9 Å². The highest BCUT2D eigenvalue weighted by atomic mass is 19.1. The Balaban J connectivity index is 1.33. The van der Waals surface area contributed by atoms with Gasteiger partial charge in [0.25, 0.3) is 0 Å². The highest BCUT2D eigenvalue weighted by molar-refractivity contribution is 5.83. The summed E-state index contributed by atoms with van der Waals surface area (Å²) in [5.41, 5.74) is 2.12. The second kappa shape index (κ2) is 9.26. The van der Waals surface area contributed by atoms with Crippen molar-refractivity contribution in [2.75, 3.05) is 13.1 Å². The van der Waals surface area contributed by atoms with E-state index in [9.17, 15) is 9.18 Å². The van der Waals surface area contributed by atoms with E-state index in [1.165, 1.54) is 16.9 Å². The zero-order valence-corrected chi connectivity index (χ0v) is 20.4. The molecule has 1 saturated heterocycles. The van der Waals surface area contributed by atoms with Crippen molar-refractivity contribution in [2.24, 2.45) is 0 Å². The van der Waals surface area contributed by atoms with Crippen molar-refractivity contribution >= 4 is 17.0 Å². The van der Waals surface area contributed by atoms with Crippen molar-refractivity contribution in [1.82, 2.24) is 14.7 Å². The van der Waals surface area contributed by atoms with E-state index in [1.54, 1.807) is 4.90 Å². The van der Waals surface area contributed by atoms with Gasteiger partial charge in [0.05, 0.1) is 11.9 Å². The lowest BCUT2D eigenvalue weighted by atomic mass is 9.92. The third-order valence-corrected chi connectivity index (χ3v) is 6.07. The average molecular weight is 492 g/mol. The standard InChI is InChI=1S/C28H27F2N3O3/c1-28(2,3)36-27(34)32-15-21(16-32)19-9-11-22(12-10-19)33-25-20(14-31-33)13-23(29)26(24(25)30)35-17-18-7-5-4-6-8-18/h4-14,21H,15-17H2,1-3H3. The molecule has 0 radical (unpaired) electrons. The molecule has 0 aliphatic carbocycles. The van der Waals surface area contributed by atoms with E-state index >= 15 is 4.39 Å². The number of aromatic nitrogens is 2. The summed E-state index contributed by atoms with van der Waals surface area (Å²) < 4.78 is 42.4. The first-order chi connectivity index (χ1) is 17.2. The molecule has 0 N–H and O–H groups in total. The summed E-state index contributed by atoms with van der Waals surface area (Å²) >= 11 is 0. The van der Waals surface area contributed by atoms with Crippen LogP contribution in [-0.2, 0) is 11.3 Å². The van der Waals surface area contributed by atoms with Crippen molar-refractivity contribution in [3.8, 4) is 11.4 Å². The molecule has 1 aromatic heterocycles. The van der Waals surface area contributed by atoms with Gasteiger partial charge < -0.3 is 14.4 Å². The van der Waals surface area contributed by atoms with Crippen LogP contribution in [0.1, 0.15) is 37.8 Å². The van der Waals surface area contributed by atoms with Gasteiger partial charge in [-0.05, 0) is 50.1 Å². The molecule has 1 fully saturated rings. The summed E-state index contributed by atoms with van der Waals surface area (Å²) in [5.74, 6) is -1.80. The maximum absolute atomic E-state index is 15.4. The molecule has 0 spiro atoms. The number of benzene rings is 3. The smallest absolute Gasteiger partial charge is 0.410 e. The summed E-state index contributed by atoms with van der Waals surface area (Å²) in [4.78, 5) is 13.9. The quantitative estimate of drug-likeness (QED) is 0.333. The Morgan fingerprint density at radius 2 is 1.75 bits per heavy atom. The minimum atomic E-state index is -0.797. The number of likely N-dealkylation sites (tertiary alicyclic amines) is 1. The Labute approximate surface area is 208 Å². The van der Waals surface area contributed by atoms with Crippen LogP contribution in [0.5, 0.6) is 5.75 Å². The zero-order valence-electron chi connectivity index (χ0n) is 20.4. The lowest BCUT2D eigenvalue weighted by Gasteiger charge is -2.40. The predicted octanol–water partition coefficient (Wildman–Crippen LogP) is 6.22. The second-order valence-corrected chi connectivity index (χ2v) is 9.94. The van der Waals surface area contributed by atoms with E-state index in [0.29, 0.717) is 24.2 Å². The molecule has 186 valence electrons. The van der Waals surface area contributed by atoms with Gasteiger partial charge in [0.15, 0.2) is 17.4 Å². The summed E-state index contributed by atoms with van der Waals surface area (Å²) in [6, 6.07) is 18.0. The summed E-state index contributed by atoms with van der Waals surface area (Å²) in [5, 5.41) is 4.63. The van der Waals surface area contributed by atoms with Gasteiger partial charge in [-0.15, -0.1) is 0 Å². The molecule has 2 heterocycles. The summed E-state index contributed by atoms with van der Waals surface area (Å²) in [6.07, 6.45) is 1.12. The largest absolute Gasteiger partial charge is 0.483 e. The van der Waals surface area contributed by atoms with E-state index in [-0.39, 0.29) is 24.1 Å². The van der Waals surface area contributed by atoms with Crippen molar-refractivity contribution in [1.29, 1.82) is 0 Å². The molecule has 1 aliphatic heterocycles. The molecule has 0 bridgehead atoms. The van der Waals surface area contributed by atoms with Crippen LogP contribution in [0.25, 0.3) is 16.6 Å². The fraction of sp³-hybridized carbons (Fsp3) is 0.286. The third-order valence-electron chi connectivity index (χ3n) is 6.07. The molecule has 0 saturated carbocycles. The topological polar surface area (TPSA) is 56.6 Å². The number of halogens is 2. The Kier molecular flexibility index (Phi) is 6.12. The highest BCUT2D eigenvalue weighted by Crippen LogP contribution is 2.33. The van der Waals surface area contributed by atoms with Crippen LogP contribution < -0.4 is 4.74 Å². The van der Waals surface area contributed by atoms with Crippen LogP contribution in [0.4, 0.5) is 13.6 Å². The minimum Gasteiger partial charge on any atom is -0.483 e. The molecule has 8 heteroatoms. The van der Waals surface area contributed by atoms with Crippen molar-refractivity contribution in [3.05, 3.63) is 89.6 Å². The van der Waals surface area contributed by atoms with E-state index < -0.39 is 23.0 Å². The first-order valence-corrected chi connectivity index (χ1v) is 11.8. The van der Waals surface area contributed by atoms with E-state index in [1.807, 2.05) is 75.4 Å². The highest BCUT2D eigenvalue weighted by Gasteiger charge is 2.34. The third kappa shape index (κ3) is 4.76. The van der Waals surface area contributed by atoms with Gasteiger partial charge in [-0.3, -0.25) is 0 Å². The van der Waals surface area contributed by atoms with Crippen molar-refractivity contribution in [3.63, 3.8) is 0 Å². The monoisotopic (exact) mass is 491 g/mol. The summed E-state index contributed by atoms with van der Waals surface area (Å²) in [7, 11) is 0. The van der Waals surface area contributed by atoms with Gasteiger partial charge in [-0.2, -0.15) is 5.10 Å². The molecular weight excluding hydrogens is 464 g/mol. The number of ether oxygens (including phenoxy) is 2. The Morgan fingerprint density at radius 1 is 1.06 bits per heavy atom. The SMILES string of the molecule is CC(C)(C)OC(=O)N1CC(c2ccc(-n3ncc4cc(F)c(OCc5ccccc5)c(F)c43)cc2)C1. The van der Waals surface area contributed by atoms with Crippen LogP contribution in [0.3, 0.4) is 0 Å². The van der Waals surface area contributed by atoms with Crippen LogP contribution >= 0.6 is 0 Å². The van der Waals surface area contributed by atoms with Gasteiger partial charge in [0, 0.05) is 24.4 Å². The number of carbonyl (C=O) groups excluding carboxylic acids is 1. The Bertz CT molecular complexity index is 1390.